The first kappa shape index (κ1) is 6.70. The van der Waals surface area contributed by atoms with E-state index < -0.39 is 6.09 Å². The largest absolute Gasteiger partial charge is 0.443 e. The molecule has 2 unspecified atom stereocenters. The highest BCUT2D eigenvalue weighted by atomic mass is 31.0. The van der Waals surface area contributed by atoms with Crippen LogP contribution in [0.15, 0.2) is 0 Å². The van der Waals surface area contributed by atoms with E-state index in [1.54, 1.807) is 6.92 Å². The normalized spacial score (nSPS) is 12.9. The maximum atomic E-state index is 9.80. The zero-order valence-electron chi connectivity index (χ0n) is 4.05. The molecule has 0 bridgehead atoms. The lowest BCUT2D eigenvalue weighted by atomic mass is 10.8. The lowest BCUT2D eigenvalue weighted by Crippen LogP contribution is -2.15. The van der Waals surface area contributed by atoms with Gasteiger partial charge in [-0.3, -0.25) is 0 Å². The maximum absolute atomic E-state index is 9.80. The SMILES string of the molecule is CC(P)OC(N)=O. The second-order valence-corrected chi connectivity index (χ2v) is 2.08. The fourth-order valence-corrected chi connectivity index (χ4v) is 0.317. The van der Waals surface area contributed by atoms with Crippen LogP contribution in [0.2, 0.25) is 0 Å². The second-order valence-electron chi connectivity index (χ2n) is 1.14. The van der Waals surface area contributed by atoms with Gasteiger partial charge in [0.15, 0.2) is 0 Å². The van der Waals surface area contributed by atoms with Crippen molar-refractivity contribution in [1.29, 1.82) is 0 Å². The predicted molar refractivity (Wildman–Crippen MR) is 29.8 cm³/mol. The van der Waals surface area contributed by atoms with Crippen LogP contribution < -0.4 is 5.73 Å². The van der Waals surface area contributed by atoms with Crippen molar-refractivity contribution in [1.82, 2.24) is 0 Å². The molecular formula is C3H8NO2P. The summed E-state index contributed by atoms with van der Waals surface area (Å²) in [4.78, 5) is 9.80. The molecule has 42 valence electrons. The molecule has 0 saturated heterocycles. The molecule has 3 nitrogen and oxygen atoms in total. The number of primary amides is 1. The molecule has 0 aromatic carbocycles. The topological polar surface area (TPSA) is 52.3 Å². The van der Waals surface area contributed by atoms with Crippen LogP contribution in [0.4, 0.5) is 4.79 Å². The van der Waals surface area contributed by atoms with E-state index in [4.69, 9.17) is 0 Å². The highest BCUT2D eigenvalue weighted by Crippen LogP contribution is 1.97. The van der Waals surface area contributed by atoms with Gasteiger partial charge in [0, 0.05) is 0 Å². The number of rotatable bonds is 1. The average molecular weight is 121 g/mol. The number of nitrogens with two attached hydrogens (primary N) is 1. The minimum atomic E-state index is -0.734. The van der Waals surface area contributed by atoms with Crippen LogP contribution in [0, 0.1) is 0 Å². The summed E-state index contributed by atoms with van der Waals surface area (Å²) in [7, 11) is 2.28. The average Bonchev–Trinajstić information content (AvgIpc) is 1.27. The van der Waals surface area contributed by atoms with Crippen LogP contribution in [-0.4, -0.2) is 11.9 Å². The Hall–Kier alpha value is -0.300. The standard InChI is InChI=1S/C3H8NO2P/c1-2(7)6-3(4)5/h2H,7H2,1H3,(H2,4,5). The number of hydrogen-bond acceptors (Lipinski definition) is 2. The summed E-state index contributed by atoms with van der Waals surface area (Å²) in [6, 6.07) is 0. The molecule has 7 heavy (non-hydrogen) atoms. The first-order valence-corrected chi connectivity index (χ1v) is 2.51. The van der Waals surface area contributed by atoms with Gasteiger partial charge in [-0.1, -0.05) is 9.24 Å². The molecule has 4 heteroatoms. The van der Waals surface area contributed by atoms with Crippen molar-refractivity contribution < 1.29 is 9.53 Å². The maximum Gasteiger partial charge on any atom is 0.405 e. The van der Waals surface area contributed by atoms with Gasteiger partial charge in [-0.2, -0.15) is 0 Å². The lowest BCUT2D eigenvalue weighted by Gasteiger charge is -2.01. The molecule has 0 radical (unpaired) electrons. The molecule has 0 heterocycles. The smallest absolute Gasteiger partial charge is 0.405 e. The second kappa shape index (κ2) is 2.80. The third-order valence-corrected chi connectivity index (χ3v) is 0.438. The fourth-order valence-electron chi connectivity index (χ4n) is 0.183. The van der Waals surface area contributed by atoms with Crippen molar-refractivity contribution in [2.24, 2.45) is 5.73 Å². The Morgan fingerprint density at radius 3 is 2.43 bits per heavy atom. The summed E-state index contributed by atoms with van der Waals surface area (Å²) in [5.41, 5.74) is 4.62. The summed E-state index contributed by atoms with van der Waals surface area (Å²) >= 11 is 0. The number of carbonyl (C=O) groups excluding carboxylic acids is 1. The van der Waals surface area contributed by atoms with Gasteiger partial charge in [-0.25, -0.2) is 4.79 Å². The molecule has 0 aliphatic carbocycles. The summed E-state index contributed by atoms with van der Waals surface area (Å²) < 4.78 is 4.35. The molecule has 2 atom stereocenters. The Labute approximate surface area is 44.4 Å². The number of ether oxygens (including phenoxy) is 1. The van der Waals surface area contributed by atoms with Crippen molar-refractivity contribution in [2.45, 2.75) is 12.8 Å². The van der Waals surface area contributed by atoms with Crippen LogP contribution in [-0.2, 0) is 4.74 Å². The minimum Gasteiger partial charge on any atom is -0.443 e. The molecule has 2 N–H and O–H groups in total. The first-order valence-electron chi connectivity index (χ1n) is 1.84. The zero-order chi connectivity index (χ0) is 5.86. The Morgan fingerprint density at radius 1 is 2.00 bits per heavy atom. The number of hydrogen-bond donors (Lipinski definition) is 1. The summed E-state index contributed by atoms with van der Waals surface area (Å²) in [6.07, 6.45) is -0.734. The molecule has 0 aliphatic heterocycles. The third-order valence-electron chi connectivity index (χ3n) is 0.302. The Morgan fingerprint density at radius 2 is 2.43 bits per heavy atom. The molecular weight excluding hydrogens is 113 g/mol. The number of carbonyl (C=O) groups is 1. The van der Waals surface area contributed by atoms with E-state index in [1.165, 1.54) is 0 Å². The van der Waals surface area contributed by atoms with Crippen molar-refractivity contribution in [3.05, 3.63) is 0 Å². The van der Waals surface area contributed by atoms with Gasteiger partial charge in [0.2, 0.25) is 0 Å². The van der Waals surface area contributed by atoms with Crippen LogP contribution in [0.3, 0.4) is 0 Å². The molecule has 0 spiro atoms. The van der Waals surface area contributed by atoms with E-state index in [0.717, 1.165) is 0 Å². The zero-order valence-corrected chi connectivity index (χ0v) is 5.20. The van der Waals surface area contributed by atoms with Gasteiger partial charge in [0.25, 0.3) is 0 Å². The Bertz CT molecular complexity index is 73.3. The van der Waals surface area contributed by atoms with Crippen molar-refractivity contribution in [3.8, 4) is 0 Å². The molecule has 0 aromatic rings. The molecule has 0 aromatic heterocycles. The number of amides is 1. The van der Waals surface area contributed by atoms with E-state index >= 15 is 0 Å². The van der Waals surface area contributed by atoms with Crippen LogP contribution in [0.5, 0.6) is 0 Å². The van der Waals surface area contributed by atoms with Gasteiger partial charge < -0.3 is 10.5 Å². The summed E-state index contributed by atoms with van der Waals surface area (Å²) in [5.74, 6) is -0.183. The summed E-state index contributed by atoms with van der Waals surface area (Å²) in [5, 5.41) is 0. The minimum absolute atomic E-state index is 0.183. The quantitative estimate of drug-likeness (QED) is 0.507. The van der Waals surface area contributed by atoms with Crippen molar-refractivity contribution in [3.63, 3.8) is 0 Å². The van der Waals surface area contributed by atoms with E-state index in [0.29, 0.717) is 0 Å². The predicted octanol–water partition coefficient (Wildman–Crippen LogP) is 0.303. The highest BCUT2D eigenvalue weighted by Gasteiger charge is 1.94. The Balaban J connectivity index is 3.13. The third kappa shape index (κ3) is 5.70. The highest BCUT2D eigenvalue weighted by molar-refractivity contribution is 7.17. The van der Waals surface area contributed by atoms with Gasteiger partial charge in [-0.15, -0.1) is 0 Å². The molecule has 1 amide bonds. The van der Waals surface area contributed by atoms with Gasteiger partial charge >= 0.3 is 6.09 Å². The molecule has 0 saturated carbocycles. The van der Waals surface area contributed by atoms with Crippen LogP contribution in [0.25, 0.3) is 0 Å². The van der Waals surface area contributed by atoms with E-state index in [-0.39, 0.29) is 5.85 Å². The Kier molecular flexibility index (Phi) is 2.68. The van der Waals surface area contributed by atoms with Crippen LogP contribution >= 0.6 is 9.24 Å². The first-order chi connectivity index (χ1) is 3.13. The summed E-state index contributed by atoms with van der Waals surface area (Å²) in [6.45, 7) is 1.70. The molecule has 0 rings (SSSR count). The monoisotopic (exact) mass is 121 g/mol. The van der Waals surface area contributed by atoms with E-state index in [9.17, 15) is 4.79 Å². The van der Waals surface area contributed by atoms with Crippen molar-refractivity contribution >= 4 is 15.3 Å². The van der Waals surface area contributed by atoms with Crippen LogP contribution in [0.1, 0.15) is 6.92 Å². The van der Waals surface area contributed by atoms with E-state index in [1.807, 2.05) is 0 Å². The molecule has 0 aliphatic rings. The van der Waals surface area contributed by atoms with Crippen molar-refractivity contribution in [2.75, 3.05) is 0 Å². The van der Waals surface area contributed by atoms with Gasteiger partial charge in [0.1, 0.15) is 5.85 Å². The molecule has 0 fully saturated rings. The van der Waals surface area contributed by atoms with E-state index in [2.05, 4.69) is 19.7 Å². The van der Waals surface area contributed by atoms with Gasteiger partial charge in [-0.05, 0) is 6.92 Å². The van der Waals surface area contributed by atoms with Gasteiger partial charge in [0.05, 0.1) is 0 Å². The lowest BCUT2D eigenvalue weighted by molar-refractivity contribution is 0.151. The fraction of sp³-hybridized carbons (Fsp3) is 0.667.